The van der Waals surface area contributed by atoms with E-state index in [0.29, 0.717) is 12.8 Å². The van der Waals surface area contributed by atoms with Gasteiger partial charge >= 0.3 is 5.69 Å². The number of aromatic nitrogens is 2. The molecule has 9 heteroatoms. The maximum absolute atomic E-state index is 12.9. The fourth-order valence-electron chi connectivity index (χ4n) is 3.60. The van der Waals surface area contributed by atoms with E-state index >= 15 is 0 Å². The third kappa shape index (κ3) is 5.03. The number of amides is 1. The van der Waals surface area contributed by atoms with Gasteiger partial charge in [-0.1, -0.05) is 41.0 Å². The second-order valence-corrected chi connectivity index (χ2v) is 8.79. The summed E-state index contributed by atoms with van der Waals surface area (Å²) in [5.74, 6) is -0.101. The molecule has 4 N–H and O–H groups in total. The lowest BCUT2D eigenvalue weighted by Crippen LogP contribution is -2.38. The number of aliphatic hydroxyl groups is 3. The summed E-state index contributed by atoms with van der Waals surface area (Å²) in [5, 5.41) is 31.8. The highest BCUT2D eigenvalue weighted by Gasteiger charge is 2.44. The van der Waals surface area contributed by atoms with Gasteiger partial charge in [-0.3, -0.25) is 9.36 Å². The van der Waals surface area contributed by atoms with Crippen LogP contribution in [0.5, 0.6) is 0 Å². The van der Waals surface area contributed by atoms with Gasteiger partial charge in [0.2, 0.25) is 5.91 Å². The van der Waals surface area contributed by atoms with Gasteiger partial charge in [0.15, 0.2) is 6.23 Å². The van der Waals surface area contributed by atoms with Crippen LogP contribution < -0.4 is 11.0 Å². The lowest BCUT2D eigenvalue weighted by molar-refractivity contribution is -0.126. The van der Waals surface area contributed by atoms with Crippen molar-refractivity contribution in [3.8, 4) is 0 Å². The maximum atomic E-state index is 12.9. The molecule has 9 nitrogen and oxygen atoms in total. The molecule has 1 aromatic rings. The number of aliphatic hydroxyl groups excluding tert-OH is 3. The van der Waals surface area contributed by atoms with Gasteiger partial charge in [-0.05, 0) is 24.3 Å². The highest BCUT2D eigenvalue weighted by molar-refractivity contribution is 5.94. The van der Waals surface area contributed by atoms with Gasteiger partial charge in [0.25, 0.3) is 0 Å². The molecule has 0 spiro atoms. The lowest BCUT2D eigenvalue weighted by Gasteiger charge is -2.35. The molecule has 2 heterocycles. The third-order valence-corrected chi connectivity index (χ3v) is 6.02. The van der Waals surface area contributed by atoms with Gasteiger partial charge in [-0.15, -0.1) is 0 Å². The number of carbonyl (C=O) groups is 1. The van der Waals surface area contributed by atoms with E-state index in [1.165, 1.54) is 12.3 Å². The van der Waals surface area contributed by atoms with Gasteiger partial charge in [-0.25, -0.2) is 4.79 Å². The monoisotopic (exact) mass is 411 g/mol. The third-order valence-electron chi connectivity index (χ3n) is 6.02. The number of anilines is 1. The molecular weight excluding hydrogens is 378 g/mol. The molecule has 5 unspecified atom stereocenters. The summed E-state index contributed by atoms with van der Waals surface area (Å²) in [4.78, 5) is 29.2. The molecule has 0 aromatic carbocycles. The van der Waals surface area contributed by atoms with Gasteiger partial charge in [0.05, 0.1) is 6.61 Å². The molecule has 1 fully saturated rings. The zero-order valence-electron chi connectivity index (χ0n) is 17.8. The second-order valence-electron chi connectivity index (χ2n) is 8.79. The van der Waals surface area contributed by atoms with E-state index in [-0.39, 0.29) is 17.1 Å². The normalized spacial score (nSPS) is 26.9. The van der Waals surface area contributed by atoms with E-state index in [4.69, 9.17) is 4.74 Å². The highest BCUT2D eigenvalue weighted by Crippen LogP contribution is 2.39. The number of carbonyl (C=O) groups excluding carboxylic acids is 1. The zero-order valence-corrected chi connectivity index (χ0v) is 17.8. The van der Waals surface area contributed by atoms with Crippen molar-refractivity contribution < 1.29 is 24.9 Å². The van der Waals surface area contributed by atoms with E-state index in [2.05, 4.69) is 31.1 Å². The number of hydrogen-bond donors (Lipinski definition) is 4. The maximum Gasteiger partial charge on any atom is 0.351 e. The minimum absolute atomic E-state index is 0.00103. The smallest absolute Gasteiger partial charge is 0.351 e. The van der Waals surface area contributed by atoms with Gasteiger partial charge in [0, 0.05) is 11.6 Å². The second kappa shape index (κ2) is 8.91. The molecule has 1 amide bonds. The Hall–Kier alpha value is -1.81. The van der Waals surface area contributed by atoms with Crippen LogP contribution in [0.25, 0.3) is 0 Å². The Morgan fingerprint density at radius 3 is 2.38 bits per heavy atom. The Bertz CT molecular complexity index is 780. The van der Waals surface area contributed by atoms with Gasteiger partial charge < -0.3 is 25.4 Å². The van der Waals surface area contributed by atoms with Crippen LogP contribution in [0.15, 0.2) is 17.1 Å². The molecule has 29 heavy (non-hydrogen) atoms. The van der Waals surface area contributed by atoms with Crippen LogP contribution in [0.1, 0.15) is 60.1 Å². The molecule has 1 aliphatic heterocycles. The Balaban J connectivity index is 2.18. The molecule has 2 rings (SSSR count). The molecule has 0 bridgehead atoms. The zero-order chi connectivity index (χ0) is 22.0. The number of nitrogens with zero attached hydrogens (tertiary/aromatic N) is 2. The van der Waals surface area contributed by atoms with E-state index < -0.39 is 42.3 Å². The first-order valence-electron chi connectivity index (χ1n) is 10.0. The summed E-state index contributed by atoms with van der Waals surface area (Å²) in [7, 11) is 0. The SMILES string of the molecule is CCC(C)(C)CC(C)(CC)C(=O)Nc1ccn(C2OC(CO)C(O)C2O)c(=O)n1. The van der Waals surface area contributed by atoms with Crippen LogP contribution in [0.4, 0.5) is 5.82 Å². The van der Waals surface area contributed by atoms with Crippen molar-refractivity contribution in [2.24, 2.45) is 10.8 Å². The van der Waals surface area contributed by atoms with Crippen molar-refractivity contribution in [2.45, 2.75) is 78.4 Å². The molecule has 0 saturated carbocycles. The largest absolute Gasteiger partial charge is 0.394 e. The minimum Gasteiger partial charge on any atom is -0.394 e. The van der Waals surface area contributed by atoms with Gasteiger partial charge in [-0.2, -0.15) is 4.98 Å². The first-order valence-corrected chi connectivity index (χ1v) is 10.0. The van der Waals surface area contributed by atoms with Crippen molar-refractivity contribution in [3.05, 3.63) is 22.7 Å². The number of hydrogen-bond acceptors (Lipinski definition) is 7. The van der Waals surface area contributed by atoms with Crippen molar-refractivity contribution in [2.75, 3.05) is 11.9 Å². The fourth-order valence-corrected chi connectivity index (χ4v) is 3.60. The van der Waals surface area contributed by atoms with Crippen LogP contribution in [0.3, 0.4) is 0 Å². The number of nitrogens with one attached hydrogen (secondary N) is 1. The van der Waals surface area contributed by atoms with E-state index in [1.54, 1.807) is 0 Å². The van der Waals surface area contributed by atoms with E-state index in [1.807, 2.05) is 13.8 Å². The first-order chi connectivity index (χ1) is 13.5. The van der Waals surface area contributed by atoms with E-state index in [0.717, 1.165) is 11.0 Å². The van der Waals surface area contributed by atoms with Crippen LogP contribution >= 0.6 is 0 Å². The Morgan fingerprint density at radius 1 is 1.24 bits per heavy atom. The van der Waals surface area contributed by atoms with Crippen LogP contribution in [0.2, 0.25) is 0 Å². The predicted octanol–water partition coefficient (Wildman–Crippen LogP) is 1.04. The summed E-state index contributed by atoms with van der Waals surface area (Å²) in [5.41, 5.74) is -1.36. The average Bonchev–Trinajstić information content (AvgIpc) is 2.96. The minimum atomic E-state index is -1.38. The van der Waals surface area contributed by atoms with Crippen LogP contribution in [-0.2, 0) is 9.53 Å². The van der Waals surface area contributed by atoms with Crippen LogP contribution in [-0.4, -0.2) is 55.7 Å². The lowest BCUT2D eigenvalue weighted by atomic mass is 9.71. The standard InChI is InChI=1S/C20H33N3O6/c1-6-19(3,4)11-20(5,7-2)17(27)21-13-8-9-23(18(28)22-13)16-15(26)14(25)12(10-24)29-16/h8-9,12,14-16,24-26H,6-7,10-11H2,1-5H3,(H,21,22,27,28). The van der Waals surface area contributed by atoms with Crippen molar-refractivity contribution in [3.63, 3.8) is 0 Å². The van der Waals surface area contributed by atoms with Crippen molar-refractivity contribution in [1.29, 1.82) is 0 Å². The summed E-state index contributed by atoms with van der Waals surface area (Å²) < 4.78 is 6.37. The number of rotatable bonds is 8. The summed E-state index contributed by atoms with van der Waals surface area (Å²) >= 11 is 0. The van der Waals surface area contributed by atoms with Gasteiger partial charge in [0.1, 0.15) is 24.1 Å². The fraction of sp³-hybridized carbons (Fsp3) is 0.750. The summed E-state index contributed by atoms with van der Waals surface area (Å²) in [6, 6.07) is 1.44. The quantitative estimate of drug-likeness (QED) is 0.502. The van der Waals surface area contributed by atoms with Crippen molar-refractivity contribution >= 4 is 11.7 Å². The molecule has 1 aliphatic rings. The topological polar surface area (TPSA) is 134 Å². The molecular formula is C20H33N3O6. The van der Waals surface area contributed by atoms with Crippen molar-refractivity contribution in [1.82, 2.24) is 9.55 Å². The molecule has 0 radical (unpaired) electrons. The molecule has 1 saturated heterocycles. The molecule has 164 valence electrons. The average molecular weight is 411 g/mol. The van der Waals surface area contributed by atoms with E-state index in [9.17, 15) is 24.9 Å². The summed E-state index contributed by atoms with van der Waals surface area (Å²) in [6.07, 6.45) is -1.25. The number of ether oxygens (including phenoxy) is 1. The highest BCUT2D eigenvalue weighted by atomic mass is 16.6. The first kappa shape index (κ1) is 23.5. The molecule has 0 aliphatic carbocycles. The Labute approximate surface area is 170 Å². The van der Waals surface area contributed by atoms with Crippen LogP contribution in [0, 0.1) is 10.8 Å². The predicted molar refractivity (Wildman–Crippen MR) is 107 cm³/mol. The molecule has 1 aromatic heterocycles. The molecule has 5 atom stereocenters. The Kier molecular flexibility index (Phi) is 7.21. The summed E-state index contributed by atoms with van der Waals surface area (Å²) in [6.45, 7) is 9.70. The Morgan fingerprint density at radius 2 is 1.90 bits per heavy atom.